The summed E-state index contributed by atoms with van der Waals surface area (Å²) in [5.74, 6) is 0.437. The lowest BCUT2D eigenvalue weighted by Crippen LogP contribution is -2.32. The van der Waals surface area contributed by atoms with Gasteiger partial charge in [0.15, 0.2) is 6.29 Å². The zero-order chi connectivity index (χ0) is 13.0. The maximum Gasteiger partial charge on any atom is 0.163 e. The molecule has 1 aliphatic heterocycles. The number of hydrogen-bond donors (Lipinski definition) is 1. The molecule has 0 aliphatic carbocycles. The minimum atomic E-state index is -0.385. The van der Waals surface area contributed by atoms with E-state index < -0.39 is 0 Å². The summed E-state index contributed by atoms with van der Waals surface area (Å²) in [6.07, 6.45) is 0.231. The highest BCUT2D eigenvalue weighted by atomic mass is 16.7. The first kappa shape index (κ1) is 13.5. The Morgan fingerprint density at radius 3 is 2.78 bits per heavy atom. The molecule has 0 radical (unpaired) electrons. The molecule has 100 valence electrons. The molecule has 0 unspecified atom stereocenters. The Labute approximate surface area is 109 Å². The maximum atomic E-state index is 9.75. The van der Waals surface area contributed by atoms with Crippen LogP contribution in [0.5, 0.6) is 0 Å². The summed E-state index contributed by atoms with van der Waals surface area (Å²) >= 11 is 0. The van der Waals surface area contributed by atoms with E-state index in [0.717, 1.165) is 6.42 Å². The molecule has 0 bridgehead atoms. The molecule has 1 N–H and O–H groups in total. The highest BCUT2D eigenvalue weighted by molar-refractivity contribution is 5.14. The van der Waals surface area contributed by atoms with Gasteiger partial charge < -0.3 is 14.6 Å². The van der Waals surface area contributed by atoms with Gasteiger partial charge >= 0.3 is 0 Å². The third kappa shape index (κ3) is 3.31. The van der Waals surface area contributed by atoms with Crippen LogP contribution in [0.25, 0.3) is 0 Å². The van der Waals surface area contributed by atoms with Crippen molar-refractivity contribution < 1.29 is 14.6 Å². The molecule has 1 aromatic rings. The average molecular weight is 250 g/mol. The van der Waals surface area contributed by atoms with Crippen LogP contribution in [0, 0.1) is 11.8 Å². The number of aliphatic hydroxyl groups excluding tert-OH is 1. The van der Waals surface area contributed by atoms with Crippen LogP contribution in [0.2, 0.25) is 0 Å². The lowest BCUT2D eigenvalue weighted by molar-refractivity contribution is -0.146. The topological polar surface area (TPSA) is 38.7 Å². The van der Waals surface area contributed by atoms with Crippen molar-refractivity contribution in [3.63, 3.8) is 0 Å². The van der Waals surface area contributed by atoms with Gasteiger partial charge in [-0.15, -0.1) is 0 Å². The normalized spacial score (nSPS) is 29.4. The monoisotopic (exact) mass is 250 g/mol. The largest absolute Gasteiger partial charge is 0.393 e. The Balaban J connectivity index is 1.80. The summed E-state index contributed by atoms with van der Waals surface area (Å²) in [5.41, 5.74) is 1.26. The summed E-state index contributed by atoms with van der Waals surface area (Å²) in [7, 11) is 0. The summed E-state index contributed by atoms with van der Waals surface area (Å²) in [6, 6.07) is 10.3. The predicted molar refractivity (Wildman–Crippen MR) is 70.2 cm³/mol. The fraction of sp³-hybridized carbons (Fsp3) is 0.600. The average Bonchev–Trinajstić information content (AvgIpc) is 2.72. The van der Waals surface area contributed by atoms with E-state index in [1.807, 2.05) is 25.1 Å². The molecule has 1 aromatic carbocycles. The van der Waals surface area contributed by atoms with Gasteiger partial charge in [-0.05, 0) is 24.8 Å². The highest BCUT2D eigenvalue weighted by Crippen LogP contribution is 2.30. The first-order valence-corrected chi connectivity index (χ1v) is 6.63. The molecular formula is C15H22O3. The Morgan fingerprint density at radius 2 is 2.11 bits per heavy atom. The van der Waals surface area contributed by atoms with Crippen molar-refractivity contribution in [3.05, 3.63) is 35.9 Å². The van der Waals surface area contributed by atoms with Gasteiger partial charge in [-0.2, -0.15) is 0 Å². The lowest BCUT2D eigenvalue weighted by Gasteiger charge is -2.23. The molecular weight excluding hydrogens is 228 g/mol. The lowest BCUT2D eigenvalue weighted by atomic mass is 9.92. The van der Waals surface area contributed by atoms with E-state index in [1.54, 1.807) is 0 Å². The minimum absolute atomic E-state index is 0.0840. The van der Waals surface area contributed by atoms with Crippen LogP contribution in [0.15, 0.2) is 30.3 Å². The fourth-order valence-corrected chi connectivity index (χ4v) is 2.54. The Kier molecular flexibility index (Phi) is 4.75. The third-order valence-electron chi connectivity index (χ3n) is 3.57. The second-order valence-electron chi connectivity index (χ2n) is 5.10. The van der Waals surface area contributed by atoms with Crippen molar-refractivity contribution in [1.82, 2.24) is 0 Å². The van der Waals surface area contributed by atoms with E-state index >= 15 is 0 Å². The Bertz CT molecular complexity index is 350. The number of hydrogen-bond acceptors (Lipinski definition) is 3. The standard InChI is InChI=1S/C15H22O3/c1-11-10-18-15(14(11)12(2)16)17-9-8-13-6-4-3-5-7-13/h3-7,11-12,14-16H,8-10H2,1-2H3/t11-,12-,14-,15+/m0/s1. The number of benzene rings is 1. The zero-order valence-electron chi connectivity index (χ0n) is 11.1. The SMILES string of the molecule is C[C@H](O)[C@H]1[C@H](OCCc2ccccc2)OC[C@@H]1C. The van der Waals surface area contributed by atoms with Gasteiger partial charge in [0.05, 0.1) is 19.3 Å². The molecule has 1 fully saturated rings. The van der Waals surface area contributed by atoms with Crippen molar-refractivity contribution in [2.24, 2.45) is 11.8 Å². The van der Waals surface area contributed by atoms with Gasteiger partial charge in [-0.3, -0.25) is 0 Å². The van der Waals surface area contributed by atoms with E-state index in [-0.39, 0.29) is 18.3 Å². The molecule has 18 heavy (non-hydrogen) atoms. The van der Waals surface area contributed by atoms with Crippen molar-refractivity contribution in [3.8, 4) is 0 Å². The summed E-state index contributed by atoms with van der Waals surface area (Å²) in [4.78, 5) is 0. The van der Waals surface area contributed by atoms with Crippen molar-refractivity contribution in [2.75, 3.05) is 13.2 Å². The van der Waals surface area contributed by atoms with Gasteiger partial charge in [0.2, 0.25) is 0 Å². The molecule has 0 saturated carbocycles. The summed E-state index contributed by atoms with van der Waals surface area (Å²) in [5, 5.41) is 9.75. The van der Waals surface area contributed by atoms with E-state index in [0.29, 0.717) is 19.1 Å². The van der Waals surface area contributed by atoms with Crippen LogP contribution in [0.1, 0.15) is 19.4 Å². The minimum Gasteiger partial charge on any atom is -0.393 e. The smallest absolute Gasteiger partial charge is 0.163 e. The first-order valence-electron chi connectivity index (χ1n) is 6.63. The van der Waals surface area contributed by atoms with Crippen molar-refractivity contribution in [1.29, 1.82) is 0 Å². The molecule has 3 nitrogen and oxygen atoms in total. The second-order valence-corrected chi connectivity index (χ2v) is 5.10. The van der Waals surface area contributed by atoms with E-state index in [4.69, 9.17) is 9.47 Å². The molecule has 1 aliphatic rings. The van der Waals surface area contributed by atoms with Crippen LogP contribution in [0.3, 0.4) is 0 Å². The van der Waals surface area contributed by atoms with Gasteiger partial charge in [-0.1, -0.05) is 37.3 Å². The second kappa shape index (κ2) is 6.32. The maximum absolute atomic E-state index is 9.75. The molecule has 0 aromatic heterocycles. The van der Waals surface area contributed by atoms with Gasteiger partial charge in [-0.25, -0.2) is 0 Å². The van der Waals surface area contributed by atoms with Gasteiger partial charge in [0.1, 0.15) is 0 Å². The predicted octanol–water partition coefficient (Wildman–Crippen LogP) is 2.24. The number of aliphatic hydroxyl groups is 1. The molecule has 1 heterocycles. The third-order valence-corrected chi connectivity index (χ3v) is 3.57. The highest BCUT2D eigenvalue weighted by Gasteiger charge is 2.38. The molecule has 2 rings (SSSR count). The Morgan fingerprint density at radius 1 is 1.39 bits per heavy atom. The van der Waals surface area contributed by atoms with Crippen LogP contribution in [0.4, 0.5) is 0 Å². The van der Waals surface area contributed by atoms with Gasteiger partial charge in [0, 0.05) is 5.92 Å². The molecule has 3 heteroatoms. The van der Waals surface area contributed by atoms with Crippen molar-refractivity contribution >= 4 is 0 Å². The Hall–Kier alpha value is -0.900. The van der Waals surface area contributed by atoms with Crippen LogP contribution < -0.4 is 0 Å². The quantitative estimate of drug-likeness (QED) is 0.871. The molecule has 1 saturated heterocycles. The first-order chi connectivity index (χ1) is 8.68. The molecule has 4 atom stereocenters. The molecule has 0 amide bonds. The number of rotatable bonds is 5. The van der Waals surface area contributed by atoms with E-state index in [1.165, 1.54) is 5.56 Å². The molecule has 0 spiro atoms. The summed E-state index contributed by atoms with van der Waals surface area (Å²) < 4.78 is 11.4. The fourth-order valence-electron chi connectivity index (χ4n) is 2.54. The van der Waals surface area contributed by atoms with Crippen molar-refractivity contribution in [2.45, 2.75) is 32.7 Å². The van der Waals surface area contributed by atoms with Crippen LogP contribution in [-0.2, 0) is 15.9 Å². The van der Waals surface area contributed by atoms with Gasteiger partial charge in [0.25, 0.3) is 0 Å². The summed E-state index contributed by atoms with van der Waals surface area (Å²) in [6.45, 7) is 5.21. The number of ether oxygens (including phenoxy) is 2. The zero-order valence-corrected chi connectivity index (χ0v) is 11.1. The van der Waals surface area contributed by atoms with E-state index in [2.05, 4.69) is 19.1 Å². The van der Waals surface area contributed by atoms with E-state index in [9.17, 15) is 5.11 Å². The van der Waals surface area contributed by atoms with Crippen LogP contribution >= 0.6 is 0 Å². The van der Waals surface area contributed by atoms with Crippen LogP contribution in [-0.4, -0.2) is 30.7 Å².